The summed E-state index contributed by atoms with van der Waals surface area (Å²) in [7, 11) is 1.56. The minimum atomic E-state index is -1.02. The maximum atomic E-state index is 11.6. The molecule has 0 aliphatic rings. The number of carbonyl (C=O) groups is 2. The molecule has 0 aromatic carbocycles. The lowest BCUT2D eigenvalue weighted by Crippen LogP contribution is -2.47. The summed E-state index contributed by atoms with van der Waals surface area (Å²) in [4.78, 5) is 23.4. The predicted octanol–water partition coefficient (Wildman–Crippen LogP) is 0.527. The van der Waals surface area contributed by atoms with E-state index in [0.717, 1.165) is 6.42 Å². The van der Waals surface area contributed by atoms with Crippen LogP contribution in [-0.4, -0.2) is 54.9 Å². The summed E-state index contributed by atoms with van der Waals surface area (Å²) >= 11 is 0. The molecule has 0 heterocycles. The van der Waals surface area contributed by atoms with Gasteiger partial charge < -0.3 is 20.1 Å². The van der Waals surface area contributed by atoms with Crippen LogP contribution in [0.15, 0.2) is 0 Å². The van der Waals surface area contributed by atoms with Crippen LogP contribution in [0.4, 0.5) is 4.79 Å². The van der Waals surface area contributed by atoms with Crippen molar-refractivity contribution >= 4 is 12.0 Å². The number of carboxylic acid groups (broad SMARTS) is 1. The van der Waals surface area contributed by atoms with Crippen LogP contribution in [0.5, 0.6) is 0 Å². The molecule has 0 saturated carbocycles. The van der Waals surface area contributed by atoms with E-state index < -0.39 is 5.97 Å². The number of amides is 2. The molecule has 0 saturated heterocycles. The van der Waals surface area contributed by atoms with Gasteiger partial charge in [-0.15, -0.1) is 0 Å². The van der Waals surface area contributed by atoms with E-state index >= 15 is 0 Å². The highest BCUT2D eigenvalue weighted by Crippen LogP contribution is 1.95. The van der Waals surface area contributed by atoms with Crippen molar-refractivity contribution in [1.82, 2.24) is 10.2 Å². The van der Waals surface area contributed by atoms with Gasteiger partial charge in [0.05, 0.1) is 12.6 Å². The molecule has 0 fully saturated rings. The fraction of sp³-hybridized carbons (Fsp3) is 0.800. The number of nitrogens with one attached hydrogen (secondary N) is 1. The molecule has 1 atom stereocenters. The van der Waals surface area contributed by atoms with Crippen molar-refractivity contribution in [2.75, 3.05) is 26.8 Å². The maximum absolute atomic E-state index is 11.6. The first kappa shape index (κ1) is 14.7. The van der Waals surface area contributed by atoms with Crippen LogP contribution in [0, 0.1) is 0 Å². The Morgan fingerprint density at radius 1 is 1.44 bits per heavy atom. The maximum Gasteiger partial charge on any atom is 0.323 e. The predicted molar refractivity (Wildman–Crippen MR) is 59.4 cm³/mol. The number of likely N-dealkylation sites (N-methyl/N-ethyl adjacent to an activating group) is 1. The Kier molecular flexibility index (Phi) is 7.28. The first-order valence-corrected chi connectivity index (χ1v) is 5.31. The van der Waals surface area contributed by atoms with Crippen LogP contribution < -0.4 is 5.32 Å². The second kappa shape index (κ2) is 7.92. The average Bonchev–Trinajstić information content (AvgIpc) is 2.24. The van der Waals surface area contributed by atoms with Crippen molar-refractivity contribution in [2.45, 2.75) is 26.3 Å². The van der Waals surface area contributed by atoms with Crippen LogP contribution in [0.2, 0.25) is 0 Å². The molecule has 0 aromatic rings. The molecule has 6 nitrogen and oxygen atoms in total. The molecular weight excluding hydrogens is 212 g/mol. The van der Waals surface area contributed by atoms with Crippen molar-refractivity contribution in [3.8, 4) is 0 Å². The van der Waals surface area contributed by atoms with Gasteiger partial charge in [0.25, 0.3) is 0 Å². The standard InChI is InChI=1S/C10H20N2O4/c1-4-8(7-16-3)11-10(15)12(5-2)6-9(13)14/h8H,4-7H2,1-3H3,(H,11,15)(H,13,14). The summed E-state index contributed by atoms with van der Waals surface area (Å²) in [6.07, 6.45) is 0.740. The van der Waals surface area contributed by atoms with Crippen LogP contribution in [-0.2, 0) is 9.53 Å². The van der Waals surface area contributed by atoms with E-state index in [4.69, 9.17) is 9.84 Å². The summed E-state index contributed by atoms with van der Waals surface area (Å²) in [5.74, 6) is -1.02. The highest BCUT2D eigenvalue weighted by molar-refractivity contribution is 5.80. The van der Waals surface area contributed by atoms with Gasteiger partial charge in [-0.1, -0.05) is 6.92 Å². The SMILES string of the molecule is CCC(COC)NC(=O)N(CC)CC(=O)O. The van der Waals surface area contributed by atoms with Crippen molar-refractivity contribution in [2.24, 2.45) is 0 Å². The molecule has 0 aliphatic heterocycles. The van der Waals surface area contributed by atoms with Crippen molar-refractivity contribution < 1.29 is 19.4 Å². The molecule has 2 amide bonds. The molecule has 94 valence electrons. The number of methoxy groups -OCH3 is 1. The molecule has 0 aromatic heterocycles. The van der Waals surface area contributed by atoms with E-state index in [9.17, 15) is 9.59 Å². The molecule has 0 rings (SSSR count). The molecule has 0 bridgehead atoms. The fourth-order valence-electron chi connectivity index (χ4n) is 1.22. The molecule has 6 heteroatoms. The molecular formula is C10H20N2O4. The summed E-state index contributed by atoms with van der Waals surface area (Å²) in [6, 6.07) is -0.450. The summed E-state index contributed by atoms with van der Waals surface area (Å²) < 4.78 is 4.94. The monoisotopic (exact) mass is 232 g/mol. The third kappa shape index (κ3) is 5.55. The third-order valence-corrected chi connectivity index (χ3v) is 2.18. The number of hydrogen-bond acceptors (Lipinski definition) is 3. The zero-order chi connectivity index (χ0) is 12.6. The van der Waals surface area contributed by atoms with Gasteiger partial charge >= 0.3 is 12.0 Å². The molecule has 0 spiro atoms. The van der Waals surface area contributed by atoms with Gasteiger partial charge in [0.2, 0.25) is 0 Å². The summed E-state index contributed by atoms with van der Waals surface area (Å²) in [5, 5.41) is 11.3. The van der Waals surface area contributed by atoms with E-state index in [-0.39, 0.29) is 18.6 Å². The number of carbonyl (C=O) groups excluding carboxylic acids is 1. The first-order chi connectivity index (χ1) is 7.54. The number of urea groups is 1. The Labute approximate surface area is 95.6 Å². The molecule has 16 heavy (non-hydrogen) atoms. The van der Waals surface area contributed by atoms with E-state index in [1.807, 2.05) is 6.92 Å². The smallest absolute Gasteiger partial charge is 0.323 e. The van der Waals surface area contributed by atoms with Gasteiger partial charge in [-0.25, -0.2) is 4.79 Å². The highest BCUT2D eigenvalue weighted by Gasteiger charge is 2.17. The quantitative estimate of drug-likeness (QED) is 0.671. The zero-order valence-electron chi connectivity index (χ0n) is 10.0. The number of carboxylic acids is 1. The largest absolute Gasteiger partial charge is 0.480 e. The van der Waals surface area contributed by atoms with Gasteiger partial charge in [-0.05, 0) is 13.3 Å². The van der Waals surface area contributed by atoms with Crippen LogP contribution >= 0.6 is 0 Å². The third-order valence-electron chi connectivity index (χ3n) is 2.18. The second-order valence-corrected chi connectivity index (χ2v) is 3.42. The van der Waals surface area contributed by atoms with Crippen LogP contribution in [0.1, 0.15) is 20.3 Å². The lowest BCUT2D eigenvalue weighted by Gasteiger charge is -2.23. The van der Waals surface area contributed by atoms with Gasteiger partial charge in [-0.2, -0.15) is 0 Å². The molecule has 0 aliphatic carbocycles. The van der Waals surface area contributed by atoms with Gasteiger partial charge in [0.1, 0.15) is 6.54 Å². The lowest BCUT2D eigenvalue weighted by molar-refractivity contribution is -0.137. The van der Waals surface area contributed by atoms with E-state index in [1.54, 1.807) is 14.0 Å². The topological polar surface area (TPSA) is 78.9 Å². The van der Waals surface area contributed by atoms with E-state index in [1.165, 1.54) is 4.90 Å². The number of rotatable bonds is 7. The second-order valence-electron chi connectivity index (χ2n) is 3.42. The fourth-order valence-corrected chi connectivity index (χ4v) is 1.22. The Morgan fingerprint density at radius 3 is 2.44 bits per heavy atom. The van der Waals surface area contributed by atoms with E-state index in [0.29, 0.717) is 13.2 Å². The van der Waals surface area contributed by atoms with Gasteiger partial charge in [-0.3, -0.25) is 4.79 Å². The molecule has 0 radical (unpaired) electrons. The Bertz CT molecular complexity index is 233. The van der Waals surface area contributed by atoms with Crippen molar-refractivity contribution in [1.29, 1.82) is 0 Å². The highest BCUT2D eigenvalue weighted by atomic mass is 16.5. The van der Waals surface area contributed by atoms with Crippen LogP contribution in [0.25, 0.3) is 0 Å². The normalized spacial score (nSPS) is 11.9. The first-order valence-electron chi connectivity index (χ1n) is 5.31. The molecule has 2 N–H and O–H groups in total. The number of hydrogen-bond donors (Lipinski definition) is 2. The van der Waals surface area contributed by atoms with Gasteiger partial charge in [0, 0.05) is 13.7 Å². The van der Waals surface area contributed by atoms with Crippen molar-refractivity contribution in [3.05, 3.63) is 0 Å². The average molecular weight is 232 g/mol. The lowest BCUT2D eigenvalue weighted by atomic mass is 10.2. The van der Waals surface area contributed by atoms with Gasteiger partial charge in [0.15, 0.2) is 0 Å². The van der Waals surface area contributed by atoms with E-state index in [2.05, 4.69) is 5.32 Å². The zero-order valence-corrected chi connectivity index (χ0v) is 10.0. The summed E-state index contributed by atoms with van der Waals surface area (Å²) in [6.45, 7) is 4.16. The Morgan fingerprint density at radius 2 is 2.06 bits per heavy atom. The minimum Gasteiger partial charge on any atom is -0.480 e. The number of aliphatic carboxylic acids is 1. The van der Waals surface area contributed by atoms with Crippen molar-refractivity contribution in [3.63, 3.8) is 0 Å². The summed E-state index contributed by atoms with van der Waals surface area (Å²) in [5.41, 5.74) is 0. The minimum absolute atomic E-state index is 0.0830. The molecule has 1 unspecified atom stereocenters. The number of ether oxygens (including phenoxy) is 1. The Balaban J connectivity index is 4.22. The van der Waals surface area contributed by atoms with Crippen LogP contribution in [0.3, 0.4) is 0 Å². The number of nitrogens with zero attached hydrogens (tertiary/aromatic N) is 1. The Hall–Kier alpha value is -1.30.